The molecule has 308 valence electrons. The minimum absolute atomic E-state index is 0.105. The summed E-state index contributed by atoms with van der Waals surface area (Å²) in [4.78, 5) is 2.40. The van der Waals surface area contributed by atoms with Crippen molar-refractivity contribution in [2.24, 2.45) is 0 Å². The molecule has 65 heavy (non-hydrogen) atoms. The summed E-state index contributed by atoms with van der Waals surface area (Å²) in [5.74, 6) is 0. The summed E-state index contributed by atoms with van der Waals surface area (Å²) in [5.41, 5.74) is 20.6. The Labute approximate surface area is 381 Å². The molecule has 1 aromatic heterocycles. The fraction of sp³-hybridized carbons (Fsp3) is 0.0476. The third-order valence-corrected chi connectivity index (χ3v) is 13.6. The molecule has 0 spiro atoms. The maximum atomic E-state index is 2.49. The van der Waals surface area contributed by atoms with Crippen molar-refractivity contribution in [3.05, 3.63) is 254 Å². The Balaban J connectivity index is 0.954. The lowest BCUT2D eigenvalue weighted by Gasteiger charge is -2.28. The molecule has 0 unspecified atom stereocenters. The molecular formula is C63H46N2. The van der Waals surface area contributed by atoms with Crippen molar-refractivity contribution < 1.29 is 0 Å². The van der Waals surface area contributed by atoms with Crippen LogP contribution in [-0.2, 0) is 5.41 Å². The van der Waals surface area contributed by atoms with E-state index >= 15 is 0 Å². The van der Waals surface area contributed by atoms with Gasteiger partial charge in [-0.1, -0.05) is 208 Å². The molecular weight excluding hydrogens is 785 g/mol. The quantitative estimate of drug-likeness (QED) is 0.148. The third kappa shape index (κ3) is 6.49. The van der Waals surface area contributed by atoms with Crippen LogP contribution >= 0.6 is 0 Å². The maximum Gasteiger partial charge on any atom is 0.0619 e. The van der Waals surface area contributed by atoms with Crippen LogP contribution in [0.25, 0.3) is 83.1 Å². The molecule has 1 aliphatic rings. The van der Waals surface area contributed by atoms with Crippen molar-refractivity contribution in [1.29, 1.82) is 0 Å². The van der Waals surface area contributed by atoms with E-state index in [1.54, 1.807) is 0 Å². The lowest BCUT2D eigenvalue weighted by atomic mass is 9.82. The van der Waals surface area contributed by atoms with Gasteiger partial charge in [-0.05, 0) is 110 Å². The molecule has 0 radical (unpaired) electrons. The van der Waals surface area contributed by atoms with E-state index in [4.69, 9.17) is 0 Å². The second-order valence-corrected chi connectivity index (χ2v) is 17.7. The van der Waals surface area contributed by atoms with Crippen molar-refractivity contribution in [2.75, 3.05) is 4.90 Å². The molecule has 0 bridgehead atoms. The molecule has 0 saturated carbocycles. The van der Waals surface area contributed by atoms with E-state index in [2.05, 4.69) is 266 Å². The van der Waals surface area contributed by atoms with E-state index in [1.165, 1.54) is 88.6 Å². The Morgan fingerprint density at radius 2 is 0.846 bits per heavy atom. The number of hydrogen-bond acceptors (Lipinski definition) is 1. The number of rotatable bonds is 8. The molecule has 1 heterocycles. The summed E-state index contributed by atoms with van der Waals surface area (Å²) in [5, 5.41) is 3.70. The van der Waals surface area contributed by atoms with E-state index in [0.717, 1.165) is 22.7 Å². The molecule has 0 aliphatic heterocycles. The van der Waals surface area contributed by atoms with Gasteiger partial charge in [0.25, 0.3) is 0 Å². The van der Waals surface area contributed by atoms with Gasteiger partial charge >= 0.3 is 0 Å². The van der Waals surface area contributed by atoms with Gasteiger partial charge in [0.05, 0.1) is 11.2 Å². The first-order valence-electron chi connectivity index (χ1n) is 22.6. The highest BCUT2D eigenvalue weighted by molar-refractivity contribution is 6.16. The van der Waals surface area contributed by atoms with Crippen LogP contribution < -0.4 is 4.90 Å². The zero-order valence-corrected chi connectivity index (χ0v) is 36.5. The van der Waals surface area contributed by atoms with Crippen LogP contribution in [-0.4, -0.2) is 4.57 Å². The molecule has 0 N–H and O–H groups in total. The van der Waals surface area contributed by atoms with E-state index in [0.29, 0.717) is 0 Å². The van der Waals surface area contributed by atoms with Crippen LogP contribution in [0.1, 0.15) is 25.0 Å². The summed E-state index contributed by atoms with van der Waals surface area (Å²) in [6.45, 7) is 4.71. The number of benzene rings is 10. The zero-order valence-electron chi connectivity index (χ0n) is 36.5. The molecule has 10 aromatic carbocycles. The van der Waals surface area contributed by atoms with Crippen molar-refractivity contribution in [3.8, 4) is 61.5 Å². The van der Waals surface area contributed by atoms with Crippen molar-refractivity contribution in [1.82, 2.24) is 4.57 Å². The molecule has 2 nitrogen and oxygen atoms in total. The topological polar surface area (TPSA) is 8.17 Å². The minimum Gasteiger partial charge on any atom is -0.310 e. The van der Waals surface area contributed by atoms with E-state index < -0.39 is 0 Å². The van der Waals surface area contributed by atoms with Gasteiger partial charge in [0.1, 0.15) is 0 Å². The highest BCUT2D eigenvalue weighted by Gasteiger charge is 2.35. The zero-order chi connectivity index (χ0) is 43.5. The standard InChI is InChI=1S/C63H46N2/c1-63(2)58-25-15-14-24-55(58)56-41-39-53(42-59(56)63)64(50-33-26-44(27-34-50)43-16-6-3-7-17-43)51-35-28-45(29-36-51)46-30-37-52(38-31-46)65-61(49-21-10-5-11-22-49)60(48-19-8-4-9-20-48)57-40-32-47-18-12-13-23-54(47)62(57)65/h3-42H,1-2H3. The van der Waals surface area contributed by atoms with Gasteiger partial charge in [0.15, 0.2) is 0 Å². The molecule has 1 aliphatic carbocycles. The fourth-order valence-electron chi connectivity index (χ4n) is 10.4. The van der Waals surface area contributed by atoms with Crippen LogP contribution in [0.5, 0.6) is 0 Å². The van der Waals surface area contributed by atoms with Crippen LogP contribution in [0.4, 0.5) is 17.1 Å². The van der Waals surface area contributed by atoms with Gasteiger partial charge in [0, 0.05) is 44.5 Å². The first-order valence-corrected chi connectivity index (χ1v) is 22.6. The SMILES string of the molecule is CC1(C)c2ccccc2-c2ccc(N(c3ccc(-c4ccccc4)cc3)c3ccc(-c4ccc(-n5c(-c6ccccc6)c(-c6ccccc6)c6ccc7ccccc7c65)cc4)cc3)cc21. The van der Waals surface area contributed by atoms with Crippen molar-refractivity contribution >= 4 is 38.7 Å². The Bertz CT molecular complexity index is 3510. The monoisotopic (exact) mass is 830 g/mol. The molecule has 0 atom stereocenters. The molecule has 11 aromatic rings. The largest absolute Gasteiger partial charge is 0.310 e. The van der Waals surface area contributed by atoms with Crippen LogP contribution in [0.3, 0.4) is 0 Å². The van der Waals surface area contributed by atoms with Crippen molar-refractivity contribution in [2.45, 2.75) is 19.3 Å². The molecule has 0 fully saturated rings. The van der Waals surface area contributed by atoms with E-state index in [1.807, 2.05) is 0 Å². The number of anilines is 3. The summed E-state index contributed by atoms with van der Waals surface area (Å²) in [6.07, 6.45) is 0. The Kier molecular flexibility index (Phi) is 9.21. The Morgan fingerprint density at radius 3 is 1.49 bits per heavy atom. The van der Waals surface area contributed by atoms with Gasteiger partial charge in [-0.3, -0.25) is 0 Å². The molecule has 0 saturated heterocycles. The highest BCUT2D eigenvalue weighted by Crippen LogP contribution is 2.51. The fourth-order valence-corrected chi connectivity index (χ4v) is 10.4. The van der Waals surface area contributed by atoms with E-state index in [-0.39, 0.29) is 5.41 Å². The predicted molar refractivity (Wildman–Crippen MR) is 275 cm³/mol. The first-order chi connectivity index (χ1) is 32.0. The van der Waals surface area contributed by atoms with E-state index in [9.17, 15) is 0 Å². The third-order valence-electron chi connectivity index (χ3n) is 13.6. The number of hydrogen-bond donors (Lipinski definition) is 0. The molecule has 12 rings (SSSR count). The van der Waals surface area contributed by atoms with Crippen LogP contribution in [0, 0.1) is 0 Å². The predicted octanol–water partition coefficient (Wildman–Crippen LogP) is 17.2. The molecule has 2 heteroatoms. The minimum atomic E-state index is -0.105. The molecule has 0 amide bonds. The second-order valence-electron chi connectivity index (χ2n) is 17.7. The maximum absolute atomic E-state index is 2.49. The summed E-state index contributed by atoms with van der Waals surface area (Å²) in [7, 11) is 0. The summed E-state index contributed by atoms with van der Waals surface area (Å²) < 4.78 is 2.49. The number of aromatic nitrogens is 1. The lowest BCUT2D eigenvalue weighted by Crippen LogP contribution is -2.16. The average Bonchev–Trinajstić information content (AvgIpc) is 3.84. The highest BCUT2D eigenvalue weighted by atomic mass is 15.1. The summed E-state index contributed by atoms with van der Waals surface area (Å²) in [6, 6.07) is 88.7. The number of fused-ring (bicyclic) bond motifs is 6. The van der Waals surface area contributed by atoms with Crippen LogP contribution in [0.15, 0.2) is 243 Å². The lowest BCUT2D eigenvalue weighted by molar-refractivity contribution is 0.660. The van der Waals surface area contributed by atoms with Gasteiger partial charge in [-0.25, -0.2) is 0 Å². The smallest absolute Gasteiger partial charge is 0.0619 e. The first kappa shape index (κ1) is 38.5. The Hall–Kier alpha value is -8.20. The van der Waals surface area contributed by atoms with Gasteiger partial charge in [-0.15, -0.1) is 0 Å². The van der Waals surface area contributed by atoms with Crippen LogP contribution in [0.2, 0.25) is 0 Å². The van der Waals surface area contributed by atoms with Gasteiger partial charge in [-0.2, -0.15) is 0 Å². The second kappa shape index (κ2) is 15.6. The average molecular weight is 831 g/mol. The Morgan fingerprint density at radius 1 is 0.354 bits per heavy atom. The van der Waals surface area contributed by atoms with Crippen molar-refractivity contribution in [3.63, 3.8) is 0 Å². The van der Waals surface area contributed by atoms with Gasteiger partial charge < -0.3 is 9.47 Å². The normalized spacial score (nSPS) is 12.6. The van der Waals surface area contributed by atoms with Gasteiger partial charge in [0.2, 0.25) is 0 Å². The summed E-state index contributed by atoms with van der Waals surface area (Å²) >= 11 is 0. The number of nitrogens with zero attached hydrogens (tertiary/aromatic N) is 2.